The van der Waals surface area contributed by atoms with Crippen LogP contribution in [0.25, 0.3) is 28.2 Å². The second kappa shape index (κ2) is 9.33. The highest BCUT2D eigenvalue weighted by atomic mass is 16.1. The highest BCUT2D eigenvalue weighted by Gasteiger charge is 2.20. The average Bonchev–Trinajstić information content (AvgIpc) is 3.27. The molecule has 0 aliphatic rings. The molecule has 0 radical (unpaired) electrons. The van der Waals surface area contributed by atoms with Crippen molar-refractivity contribution in [3.8, 4) is 28.2 Å². The Morgan fingerprint density at radius 2 is 1.47 bits per heavy atom. The summed E-state index contributed by atoms with van der Waals surface area (Å²) in [6.07, 6.45) is 1.69. The van der Waals surface area contributed by atoms with Gasteiger partial charge in [0.2, 0.25) is 5.95 Å². The quantitative estimate of drug-likeness (QED) is 0.296. The summed E-state index contributed by atoms with van der Waals surface area (Å²) in [7, 11) is 0. The minimum atomic E-state index is -0.320. The van der Waals surface area contributed by atoms with Crippen molar-refractivity contribution in [3.05, 3.63) is 113 Å². The Balaban J connectivity index is 1.68. The second-order valence-corrected chi connectivity index (χ2v) is 7.55. The fraction of sp³-hybridized carbons (Fsp3) is 0.0385. The van der Waals surface area contributed by atoms with Crippen LogP contribution in [-0.4, -0.2) is 31.2 Å². The number of para-hydroxylation sites is 1. The van der Waals surface area contributed by atoms with E-state index in [4.69, 9.17) is 5.10 Å². The third-order valence-electron chi connectivity index (χ3n) is 5.24. The van der Waals surface area contributed by atoms with Gasteiger partial charge in [0.25, 0.3) is 5.56 Å². The highest BCUT2D eigenvalue weighted by Crippen LogP contribution is 2.33. The van der Waals surface area contributed by atoms with Gasteiger partial charge < -0.3 is 0 Å². The molecule has 34 heavy (non-hydrogen) atoms. The molecule has 0 saturated heterocycles. The van der Waals surface area contributed by atoms with Gasteiger partial charge in [0, 0.05) is 16.7 Å². The smallest absolute Gasteiger partial charge is 0.274 e. The zero-order valence-electron chi connectivity index (χ0n) is 18.4. The monoisotopic (exact) mass is 447 g/mol. The molecule has 0 spiro atoms. The number of hydrogen-bond acceptors (Lipinski definition) is 6. The van der Waals surface area contributed by atoms with Crippen LogP contribution in [0.3, 0.4) is 0 Å². The maximum Gasteiger partial charge on any atom is 0.274 e. The normalized spacial score (nSPS) is 11.1. The van der Waals surface area contributed by atoms with Crippen LogP contribution in [-0.2, 0) is 0 Å². The first-order chi connectivity index (χ1) is 16.7. The van der Waals surface area contributed by atoms with Gasteiger partial charge in [0.15, 0.2) is 0 Å². The molecule has 8 heteroatoms. The predicted octanol–water partition coefficient (Wildman–Crippen LogP) is 4.44. The van der Waals surface area contributed by atoms with Gasteiger partial charge in [-0.15, -0.1) is 10.2 Å². The van der Waals surface area contributed by atoms with Gasteiger partial charge in [-0.2, -0.15) is 10.2 Å². The number of nitrogens with one attached hydrogen (secondary N) is 2. The number of hydrazone groups is 1. The minimum absolute atomic E-state index is 0.157. The van der Waals surface area contributed by atoms with E-state index in [1.807, 2.05) is 95.7 Å². The number of nitrogens with zero attached hydrogens (tertiary/aromatic N) is 5. The molecule has 2 heterocycles. The van der Waals surface area contributed by atoms with E-state index in [1.54, 1.807) is 13.1 Å². The topological polar surface area (TPSA) is 101 Å². The zero-order valence-corrected chi connectivity index (χ0v) is 18.4. The molecule has 0 aliphatic heterocycles. The maximum atomic E-state index is 11.8. The van der Waals surface area contributed by atoms with Crippen LogP contribution in [0.5, 0.6) is 0 Å². The fourth-order valence-corrected chi connectivity index (χ4v) is 3.59. The lowest BCUT2D eigenvalue weighted by Gasteiger charge is -2.08. The Hall–Kier alpha value is -4.85. The van der Waals surface area contributed by atoms with Crippen LogP contribution in [0.4, 0.5) is 5.95 Å². The van der Waals surface area contributed by atoms with Crippen molar-refractivity contribution in [2.45, 2.75) is 6.92 Å². The first-order valence-corrected chi connectivity index (χ1v) is 10.7. The Morgan fingerprint density at radius 3 is 2.12 bits per heavy atom. The van der Waals surface area contributed by atoms with Gasteiger partial charge in [-0.05, 0) is 19.1 Å². The molecular formula is C26H21N7O. The van der Waals surface area contributed by atoms with E-state index in [2.05, 4.69) is 25.7 Å². The van der Waals surface area contributed by atoms with E-state index in [1.165, 1.54) is 0 Å². The Labute approximate surface area is 195 Å². The van der Waals surface area contributed by atoms with Gasteiger partial charge >= 0.3 is 0 Å². The molecule has 0 bridgehead atoms. The van der Waals surface area contributed by atoms with Crippen molar-refractivity contribution in [1.82, 2.24) is 25.0 Å². The van der Waals surface area contributed by atoms with Crippen molar-refractivity contribution in [1.29, 1.82) is 0 Å². The Morgan fingerprint density at radius 1 is 0.853 bits per heavy atom. The van der Waals surface area contributed by atoms with E-state index in [0.29, 0.717) is 0 Å². The molecular weight excluding hydrogens is 426 g/mol. The standard InChI is InChI=1S/C26H21N7O/c1-18-25(34)28-26(31-29-18)30-27-17-22-23(19-11-5-2-6-12-19)32-33(21-15-9-4-10-16-21)24(22)20-13-7-3-8-14-20/h2-17H,1H3,(H2,28,30,31,34)/b27-17+. The van der Waals surface area contributed by atoms with Crippen molar-refractivity contribution < 1.29 is 0 Å². The second-order valence-electron chi connectivity index (χ2n) is 7.55. The number of anilines is 1. The van der Waals surface area contributed by atoms with Gasteiger partial charge in [-0.25, -0.2) is 10.1 Å². The summed E-state index contributed by atoms with van der Waals surface area (Å²) in [5.74, 6) is 0.157. The van der Waals surface area contributed by atoms with Crippen LogP contribution in [0.2, 0.25) is 0 Å². The summed E-state index contributed by atoms with van der Waals surface area (Å²) in [5, 5.41) is 17.1. The molecule has 166 valence electrons. The molecule has 0 unspecified atom stereocenters. The van der Waals surface area contributed by atoms with E-state index in [9.17, 15) is 4.79 Å². The molecule has 0 fully saturated rings. The predicted molar refractivity (Wildman–Crippen MR) is 133 cm³/mol. The molecule has 0 amide bonds. The lowest BCUT2D eigenvalue weighted by atomic mass is 10.0. The van der Waals surface area contributed by atoms with Gasteiger partial charge in [0.05, 0.1) is 17.6 Å². The first kappa shape index (κ1) is 21.0. The molecule has 0 aliphatic carbocycles. The summed E-state index contributed by atoms with van der Waals surface area (Å²) in [4.78, 5) is 14.5. The number of aromatic amines is 1. The lowest BCUT2D eigenvalue weighted by Crippen LogP contribution is -2.15. The summed E-state index contributed by atoms with van der Waals surface area (Å²) < 4.78 is 1.92. The summed E-state index contributed by atoms with van der Waals surface area (Å²) >= 11 is 0. The third kappa shape index (κ3) is 4.24. The first-order valence-electron chi connectivity index (χ1n) is 10.7. The number of benzene rings is 3. The van der Waals surface area contributed by atoms with Crippen LogP contribution < -0.4 is 11.0 Å². The maximum absolute atomic E-state index is 11.8. The fourth-order valence-electron chi connectivity index (χ4n) is 3.59. The van der Waals surface area contributed by atoms with Crippen LogP contribution in [0.1, 0.15) is 11.3 Å². The van der Waals surface area contributed by atoms with Gasteiger partial charge in [0.1, 0.15) is 11.4 Å². The highest BCUT2D eigenvalue weighted by molar-refractivity contribution is 5.97. The molecule has 0 atom stereocenters. The van der Waals surface area contributed by atoms with Crippen molar-refractivity contribution in [3.63, 3.8) is 0 Å². The molecule has 2 N–H and O–H groups in total. The van der Waals surface area contributed by atoms with Crippen LogP contribution in [0.15, 0.2) is 101 Å². The summed E-state index contributed by atoms with van der Waals surface area (Å²) in [6, 6.07) is 30.0. The molecule has 0 saturated carbocycles. The Bertz CT molecular complexity index is 1490. The molecule has 5 aromatic rings. The number of H-pyrrole nitrogens is 1. The van der Waals surface area contributed by atoms with Gasteiger partial charge in [-0.3, -0.25) is 9.78 Å². The summed E-state index contributed by atoms with van der Waals surface area (Å²) in [5.41, 5.74) is 8.10. The van der Waals surface area contributed by atoms with Crippen molar-refractivity contribution in [2.24, 2.45) is 5.10 Å². The zero-order chi connectivity index (χ0) is 23.3. The number of rotatable bonds is 6. The number of hydrogen-bond donors (Lipinski definition) is 2. The SMILES string of the molecule is Cc1nnc(N/N=C/c2c(-c3ccccc3)nn(-c3ccccc3)c2-c2ccccc2)[nH]c1=O. The lowest BCUT2D eigenvalue weighted by molar-refractivity contribution is 0.892. The molecule has 8 nitrogen and oxygen atoms in total. The summed E-state index contributed by atoms with van der Waals surface area (Å²) in [6.45, 7) is 1.59. The van der Waals surface area contributed by atoms with E-state index in [0.717, 1.165) is 33.8 Å². The number of aromatic nitrogens is 5. The van der Waals surface area contributed by atoms with Crippen molar-refractivity contribution in [2.75, 3.05) is 5.43 Å². The average molecular weight is 448 g/mol. The third-order valence-corrected chi connectivity index (χ3v) is 5.24. The van der Waals surface area contributed by atoms with Crippen molar-refractivity contribution >= 4 is 12.2 Å². The number of aryl methyl sites for hydroxylation is 1. The minimum Gasteiger partial charge on any atom is -0.288 e. The molecule has 5 rings (SSSR count). The largest absolute Gasteiger partial charge is 0.288 e. The van der Waals surface area contributed by atoms with E-state index in [-0.39, 0.29) is 17.2 Å². The molecule has 2 aromatic heterocycles. The van der Waals surface area contributed by atoms with E-state index >= 15 is 0 Å². The Kier molecular flexibility index (Phi) is 5.77. The van der Waals surface area contributed by atoms with Crippen LogP contribution in [0, 0.1) is 6.92 Å². The molecule has 3 aromatic carbocycles. The van der Waals surface area contributed by atoms with Crippen LogP contribution >= 0.6 is 0 Å². The van der Waals surface area contributed by atoms with Gasteiger partial charge in [-0.1, -0.05) is 78.9 Å². The van der Waals surface area contributed by atoms with E-state index < -0.39 is 0 Å².